The maximum Gasteiger partial charge on any atom is 0.231 e. The molecule has 1 heterocycles. The molecule has 2 heteroatoms. The van der Waals surface area contributed by atoms with Gasteiger partial charge in [-0.3, -0.25) is 0 Å². The van der Waals surface area contributed by atoms with Gasteiger partial charge >= 0.3 is 0 Å². The van der Waals surface area contributed by atoms with Crippen LogP contribution >= 0.6 is 0 Å². The van der Waals surface area contributed by atoms with E-state index < -0.39 is 0 Å². The van der Waals surface area contributed by atoms with Crippen molar-refractivity contribution in [1.29, 1.82) is 0 Å². The summed E-state index contributed by atoms with van der Waals surface area (Å²) < 4.78 is 2.44. The van der Waals surface area contributed by atoms with E-state index in [1.807, 2.05) is 0 Å². The fraction of sp³-hybridized carbons (Fsp3) is 0.375. The lowest BCUT2D eigenvalue weighted by Crippen LogP contribution is -2.20. The smallest absolute Gasteiger partial charge is 0.169 e. The van der Waals surface area contributed by atoms with Crippen LogP contribution in [0.2, 0.25) is 0 Å². The Balaban J connectivity index is 1.18. The summed E-state index contributed by atoms with van der Waals surface area (Å²) in [4.78, 5) is 1.52. The number of fused-ring (bicyclic) bond motifs is 4. The third-order valence-electron chi connectivity index (χ3n) is 8.49. The van der Waals surface area contributed by atoms with Crippen LogP contribution in [-0.2, 0) is 23.5 Å². The van der Waals surface area contributed by atoms with Crippen molar-refractivity contribution >= 4 is 22.5 Å². The van der Waals surface area contributed by atoms with Crippen LogP contribution in [-0.4, -0.2) is 16.7 Å². The van der Waals surface area contributed by atoms with E-state index in [1.54, 1.807) is 11.1 Å². The Morgan fingerprint density at radius 3 is 2.74 bits per heavy atom. The van der Waals surface area contributed by atoms with Crippen LogP contribution < -0.4 is 0 Å². The number of para-hydroxylation sites is 1. The predicted molar refractivity (Wildman–Crippen MR) is 145 cm³/mol. The van der Waals surface area contributed by atoms with Crippen molar-refractivity contribution in [3.63, 3.8) is 0 Å². The van der Waals surface area contributed by atoms with E-state index in [4.69, 9.17) is 0 Å². The lowest BCUT2D eigenvalue weighted by Gasteiger charge is -2.19. The topological polar surface area (TPSA) is 3.01 Å². The van der Waals surface area contributed by atoms with Crippen molar-refractivity contribution < 1.29 is 3.95 Å². The molecule has 0 saturated heterocycles. The zero-order chi connectivity index (χ0) is 23.1. The molecular formula is C32H36NS+. The lowest BCUT2D eigenvalue weighted by atomic mass is 9.85. The lowest BCUT2D eigenvalue weighted by molar-refractivity contribution is -0.391. The monoisotopic (exact) mass is 466 g/mol. The maximum absolute atomic E-state index is 2.54. The molecule has 174 valence electrons. The highest BCUT2D eigenvalue weighted by molar-refractivity contribution is 7.86. The highest BCUT2D eigenvalue weighted by Gasteiger charge is 2.42. The molecule has 0 N–H and O–H groups in total. The molecule has 2 aliphatic carbocycles. The van der Waals surface area contributed by atoms with E-state index >= 15 is 0 Å². The number of rotatable bonds is 7. The van der Waals surface area contributed by atoms with Crippen LogP contribution in [0.5, 0.6) is 0 Å². The molecule has 0 amide bonds. The van der Waals surface area contributed by atoms with Crippen molar-refractivity contribution in [2.45, 2.75) is 62.2 Å². The Morgan fingerprint density at radius 1 is 0.941 bits per heavy atom. The number of aryl methyl sites for hydroxylation is 2. The average molecular weight is 467 g/mol. The van der Waals surface area contributed by atoms with E-state index in [0.29, 0.717) is 0 Å². The van der Waals surface area contributed by atoms with Crippen molar-refractivity contribution in [2.75, 3.05) is 12.8 Å². The highest BCUT2D eigenvalue weighted by Crippen LogP contribution is 2.56. The van der Waals surface area contributed by atoms with Gasteiger partial charge in [0, 0.05) is 6.07 Å². The normalized spacial score (nSPS) is 24.7. The quantitative estimate of drug-likeness (QED) is 0.310. The minimum atomic E-state index is 0.224. The number of nitrogens with zero attached hydrogens (tertiary/aromatic N) is 1. The molecule has 1 nitrogen and oxygen atoms in total. The van der Waals surface area contributed by atoms with Gasteiger partial charge in [-0.05, 0) is 83.7 Å². The Labute approximate surface area is 207 Å². The second-order valence-electron chi connectivity index (χ2n) is 10.3. The average Bonchev–Trinajstić information content (AvgIpc) is 3.46. The number of hydrogen-bond donors (Lipinski definition) is 0. The van der Waals surface area contributed by atoms with E-state index in [1.165, 1.54) is 59.4 Å². The molecule has 0 aromatic heterocycles. The van der Waals surface area contributed by atoms with E-state index in [2.05, 4.69) is 96.8 Å². The minimum Gasteiger partial charge on any atom is -0.169 e. The molecule has 4 unspecified atom stereocenters. The van der Waals surface area contributed by atoms with Gasteiger partial charge in [0.15, 0.2) is 0 Å². The van der Waals surface area contributed by atoms with Crippen molar-refractivity contribution in [1.82, 2.24) is 0 Å². The molecule has 1 aliphatic heterocycles. The van der Waals surface area contributed by atoms with Crippen molar-refractivity contribution in [2.24, 2.45) is 5.92 Å². The van der Waals surface area contributed by atoms with Gasteiger partial charge in [-0.15, -0.1) is 0 Å². The second kappa shape index (κ2) is 9.30. The van der Waals surface area contributed by atoms with Gasteiger partial charge < -0.3 is 0 Å². The molecule has 3 aliphatic rings. The summed E-state index contributed by atoms with van der Waals surface area (Å²) in [6, 6.07) is 25.5. The molecule has 0 spiro atoms. The second-order valence-corrected chi connectivity index (χ2v) is 12.4. The third kappa shape index (κ3) is 3.90. The first-order valence-corrected chi connectivity index (χ1v) is 14.5. The van der Waals surface area contributed by atoms with Gasteiger partial charge in [-0.25, -0.2) is 0 Å². The molecule has 3 aromatic rings. The summed E-state index contributed by atoms with van der Waals surface area (Å²) in [6.45, 7) is 2.26. The molecule has 1 fully saturated rings. The van der Waals surface area contributed by atoms with Crippen molar-refractivity contribution in [3.05, 3.63) is 101 Å². The molecule has 6 rings (SSSR count). The molecule has 34 heavy (non-hydrogen) atoms. The summed E-state index contributed by atoms with van der Waals surface area (Å²) >= 11 is 0. The van der Waals surface area contributed by atoms with Gasteiger partial charge in [-0.2, -0.15) is 3.95 Å². The van der Waals surface area contributed by atoms with Crippen molar-refractivity contribution in [3.8, 4) is 0 Å². The molecular weight excluding hydrogens is 430 g/mol. The third-order valence-corrected chi connectivity index (χ3v) is 10.7. The first-order chi connectivity index (χ1) is 16.7. The van der Waals surface area contributed by atoms with Gasteiger partial charge in [0.1, 0.15) is 11.9 Å². The van der Waals surface area contributed by atoms with E-state index in [0.717, 1.165) is 29.9 Å². The molecule has 3 aromatic carbocycles. The van der Waals surface area contributed by atoms with Crippen LogP contribution in [0.4, 0.5) is 5.69 Å². The van der Waals surface area contributed by atoms with E-state index in [-0.39, 0.29) is 10.7 Å². The van der Waals surface area contributed by atoms with Crippen LogP contribution in [0, 0.1) is 5.92 Å². The molecule has 4 atom stereocenters. The van der Waals surface area contributed by atoms with Gasteiger partial charge in [0.25, 0.3) is 0 Å². The summed E-state index contributed by atoms with van der Waals surface area (Å²) in [5, 5.41) is 0. The Bertz CT molecular complexity index is 1280. The summed E-state index contributed by atoms with van der Waals surface area (Å²) in [5.74, 6) is 3.51. The Kier molecular flexibility index (Phi) is 6.03. The first kappa shape index (κ1) is 22.0. The van der Waals surface area contributed by atoms with E-state index in [9.17, 15) is 0 Å². The fourth-order valence-electron chi connectivity index (χ4n) is 6.76. The highest BCUT2D eigenvalue weighted by atomic mass is 32.2. The van der Waals surface area contributed by atoms with Gasteiger partial charge in [0.2, 0.25) is 5.69 Å². The van der Waals surface area contributed by atoms with Gasteiger partial charge in [0.05, 0.1) is 16.4 Å². The van der Waals surface area contributed by atoms with Gasteiger partial charge in [-0.1, -0.05) is 80.1 Å². The largest absolute Gasteiger partial charge is 0.231 e. The van der Waals surface area contributed by atoms with Crippen LogP contribution in [0.25, 0.3) is 6.08 Å². The molecule has 0 bridgehead atoms. The summed E-state index contributed by atoms with van der Waals surface area (Å²) in [5.41, 5.74) is 9.11. The van der Waals surface area contributed by atoms with Crippen LogP contribution in [0.1, 0.15) is 72.3 Å². The first-order valence-electron chi connectivity index (χ1n) is 13.1. The van der Waals surface area contributed by atoms with Crippen LogP contribution in [0.3, 0.4) is 0 Å². The number of hydrogen-bond acceptors (Lipinski definition) is 0. The Hall–Kier alpha value is -2.45. The summed E-state index contributed by atoms with van der Waals surface area (Å²) in [6.07, 6.45) is 12.6. The van der Waals surface area contributed by atoms with Crippen LogP contribution in [0.15, 0.2) is 77.7 Å². The fourth-order valence-corrected chi connectivity index (χ4v) is 8.68. The zero-order valence-corrected chi connectivity index (χ0v) is 21.4. The zero-order valence-electron chi connectivity index (χ0n) is 20.5. The Morgan fingerprint density at radius 2 is 1.82 bits per heavy atom. The number of benzene rings is 3. The maximum atomic E-state index is 2.54. The SMILES string of the molecule is CCc1cccc(CCC2c3ccc(C=CCS4=[N+](C)c5ccccc54)cc3C3CCCC32)c1. The predicted octanol–water partition coefficient (Wildman–Crippen LogP) is 8.02. The standard InChI is InChI=1S/C32H36NS/c1-3-23-9-6-10-24(21-23)16-18-28-26-12-7-13-27(26)30-22-25(17-19-29(28)30)11-8-20-34-32-15-5-4-14-31(32)33(34)2/h4-6,8-11,14-15,17,19,21-22,26-28H,3,7,12-13,16,18,20H2,1-2H3/q+1. The minimum absolute atomic E-state index is 0.224. The summed E-state index contributed by atoms with van der Waals surface area (Å²) in [7, 11) is 2.45. The molecule has 1 saturated carbocycles. The molecule has 0 radical (unpaired) electrons.